The molecule has 0 spiro atoms. The molecule has 0 unspecified atom stereocenters. The van der Waals surface area contributed by atoms with E-state index in [9.17, 15) is 8.78 Å². The molecule has 0 amide bonds. The first kappa shape index (κ1) is 81.5. The van der Waals surface area contributed by atoms with Crippen LogP contribution in [0, 0.1) is 0 Å². The van der Waals surface area contributed by atoms with Crippen LogP contribution in [-0.4, -0.2) is 207 Å². The van der Waals surface area contributed by atoms with Crippen molar-refractivity contribution in [2.24, 2.45) is 7.05 Å². The van der Waals surface area contributed by atoms with Crippen LogP contribution in [0.4, 0.5) is 8.78 Å². The minimum atomic E-state index is -2.65. The third-order valence-electron chi connectivity index (χ3n) is 19.2. The molecular formula is C62H103B7F2N14O15. The summed E-state index contributed by atoms with van der Waals surface area (Å²) in [6.07, 6.45) is 27.6. The number of nitrogens with zero attached hydrogens (tertiary/aromatic N) is 13. The summed E-state index contributed by atoms with van der Waals surface area (Å²) in [6, 6.07) is 1.29. The number of rotatable bonds is 11. The number of aryl methyl sites for hydroxylation is 1. The van der Waals surface area contributed by atoms with Crippen molar-refractivity contribution < 1.29 is 80.9 Å². The average molecular weight is 1400 g/mol. The predicted molar refractivity (Wildman–Crippen MR) is 379 cm³/mol. The molecule has 29 nitrogen and oxygen atoms in total. The first-order valence-electron chi connectivity index (χ1n) is 33.7. The molecule has 5 aliphatic heterocycles. The van der Waals surface area contributed by atoms with E-state index < -0.39 is 46.2 Å². The summed E-state index contributed by atoms with van der Waals surface area (Å²) in [5.41, 5.74) is 1.90. The second-order valence-electron chi connectivity index (χ2n) is 30.8. The highest BCUT2D eigenvalue weighted by atomic mass is 19.3. The molecule has 0 radical (unpaired) electrons. The van der Waals surface area contributed by atoms with Gasteiger partial charge in [-0.2, -0.15) is 44.5 Å². The molecule has 6 aliphatic rings. The Morgan fingerprint density at radius 2 is 0.800 bits per heavy atom. The van der Waals surface area contributed by atoms with Crippen molar-refractivity contribution in [3.63, 3.8) is 0 Å². The second kappa shape index (κ2) is 32.1. The van der Waals surface area contributed by atoms with E-state index in [-0.39, 0.29) is 66.5 Å². The molecule has 6 fully saturated rings. The Morgan fingerprint density at radius 1 is 0.450 bits per heavy atom. The number of aromatic amines is 1. The maximum Gasteiger partial charge on any atom is 0.498 e. The van der Waals surface area contributed by atoms with Crippen LogP contribution in [0.1, 0.15) is 196 Å². The molecule has 7 N–H and O–H groups in total. The quantitative estimate of drug-likeness (QED) is 0.0910. The lowest BCUT2D eigenvalue weighted by molar-refractivity contribution is 0.00578. The van der Waals surface area contributed by atoms with Crippen LogP contribution >= 0.6 is 0 Å². The number of alkyl halides is 2. The van der Waals surface area contributed by atoms with Gasteiger partial charge < -0.3 is 72.1 Å². The van der Waals surface area contributed by atoms with Gasteiger partial charge in [-0.3, -0.25) is 28.5 Å². The lowest BCUT2D eigenvalue weighted by Crippen LogP contribution is -2.41. The molecule has 0 aromatic carbocycles. The zero-order chi connectivity index (χ0) is 74.5. The Bertz CT molecular complexity index is 3490. The first-order valence-corrected chi connectivity index (χ1v) is 33.7. The van der Waals surface area contributed by atoms with Gasteiger partial charge in [-0.05, 0) is 171 Å². The van der Waals surface area contributed by atoms with Gasteiger partial charge >= 0.3 is 56.4 Å². The predicted octanol–water partition coefficient (Wildman–Crippen LogP) is 1.90. The van der Waals surface area contributed by atoms with Crippen molar-refractivity contribution in [2.45, 2.75) is 246 Å². The van der Waals surface area contributed by atoms with Crippen molar-refractivity contribution in [3.05, 3.63) is 86.8 Å². The van der Waals surface area contributed by atoms with Crippen LogP contribution in [0.3, 0.4) is 0 Å². The second-order valence-corrected chi connectivity index (χ2v) is 30.8. The highest BCUT2D eigenvalue weighted by molar-refractivity contribution is 6.63. The molecule has 1 saturated carbocycles. The normalized spacial score (nSPS) is 20.4. The number of hydrogen-bond acceptors (Lipinski definition) is 22. The third kappa shape index (κ3) is 20.8. The lowest BCUT2D eigenvalue weighted by atomic mass is 9.82. The molecule has 12 heterocycles. The van der Waals surface area contributed by atoms with E-state index in [4.69, 9.17) is 72.1 Å². The maximum atomic E-state index is 12.4. The van der Waals surface area contributed by atoms with Crippen molar-refractivity contribution in [1.82, 2.24) is 68.9 Å². The molecule has 100 heavy (non-hydrogen) atoms. The molecule has 7 aromatic heterocycles. The first-order chi connectivity index (χ1) is 46.1. The number of aromatic nitrogens is 14. The average Bonchev–Trinajstić information content (AvgIpc) is 1.64. The molecule has 7 aromatic rings. The van der Waals surface area contributed by atoms with E-state index >= 15 is 0 Å². The summed E-state index contributed by atoms with van der Waals surface area (Å²) >= 11 is 0. The Kier molecular flexibility index (Phi) is 26.1. The molecular weight excluding hydrogens is 1290 g/mol. The van der Waals surface area contributed by atoms with Gasteiger partial charge in [0.25, 0.3) is 0 Å². The fourth-order valence-corrected chi connectivity index (χ4v) is 9.70. The van der Waals surface area contributed by atoms with Crippen LogP contribution in [-0.2, 0) is 54.6 Å². The fraction of sp³-hybridized carbons (Fsp3) is 0.661. The van der Waals surface area contributed by atoms with Gasteiger partial charge in [0.05, 0.1) is 62.4 Å². The van der Waals surface area contributed by atoms with Gasteiger partial charge in [-0.25, -0.2) is 4.68 Å². The molecule has 38 heteroatoms. The van der Waals surface area contributed by atoms with E-state index in [0.717, 1.165) is 42.4 Å². The summed E-state index contributed by atoms with van der Waals surface area (Å²) in [5, 5.41) is 82.9. The Morgan fingerprint density at radius 3 is 1.09 bits per heavy atom. The molecule has 0 atom stereocenters. The number of ether oxygens (including phenoxy) is 1. The minimum Gasteiger partial charge on any atom is -0.423 e. The summed E-state index contributed by atoms with van der Waals surface area (Å²) in [7, 11) is -4.10. The maximum absolute atomic E-state index is 12.4. The van der Waals surface area contributed by atoms with Gasteiger partial charge in [0.15, 0.2) is 0 Å². The van der Waals surface area contributed by atoms with E-state index in [2.05, 4.69) is 109 Å². The molecule has 546 valence electrons. The number of hydrogen-bond donors (Lipinski definition) is 7. The van der Waals surface area contributed by atoms with E-state index in [1.807, 2.05) is 112 Å². The molecule has 13 rings (SSSR count). The van der Waals surface area contributed by atoms with Crippen LogP contribution < -0.4 is 38.2 Å². The summed E-state index contributed by atoms with van der Waals surface area (Å²) < 4.78 is 86.9. The minimum absolute atomic E-state index is 0.118. The number of H-pyrrole nitrogens is 1. The zero-order valence-corrected chi connectivity index (χ0v) is 62.1. The van der Waals surface area contributed by atoms with Gasteiger partial charge in [-0.1, -0.05) is 0 Å². The van der Waals surface area contributed by atoms with Crippen molar-refractivity contribution in [1.29, 1.82) is 0 Å². The summed E-state index contributed by atoms with van der Waals surface area (Å²) in [4.78, 5) is 0. The monoisotopic (exact) mass is 1400 g/mol. The van der Waals surface area contributed by atoms with Gasteiger partial charge in [0.1, 0.15) is 0 Å². The zero-order valence-electron chi connectivity index (χ0n) is 62.1. The molecule has 5 saturated heterocycles. The summed E-state index contributed by atoms with van der Waals surface area (Å²) in [5.74, 6) is 0. The molecule has 0 bridgehead atoms. The molecule has 1 aliphatic carbocycles. The number of nitrogens with one attached hydrogen (secondary N) is 1. The highest BCUT2D eigenvalue weighted by Gasteiger charge is 2.55. The van der Waals surface area contributed by atoms with E-state index in [1.165, 1.54) is 48.5 Å². The van der Waals surface area contributed by atoms with E-state index in [1.54, 1.807) is 47.4 Å². The van der Waals surface area contributed by atoms with Crippen LogP contribution in [0.2, 0.25) is 0 Å². The van der Waals surface area contributed by atoms with Crippen molar-refractivity contribution in [3.8, 4) is 0 Å². The van der Waals surface area contributed by atoms with Crippen molar-refractivity contribution >= 4 is 88.1 Å². The van der Waals surface area contributed by atoms with Crippen molar-refractivity contribution in [2.75, 3.05) is 13.2 Å². The van der Waals surface area contributed by atoms with E-state index in [0.29, 0.717) is 38.6 Å². The van der Waals surface area contributed by atoms with Crippen LogP contribution in [0.15, 0.2) is 86.8 Å². The largest absolute Gasteiger partial charge is 0.498 e. The SMILES string of the molecule is CC(C)(C)n1cc(B(O)O)cn1.CC(C)n1cc(B(O)O)cn1.CC1(C)OB(c2cn[nH]c2)OC1(C)C.CC1(C)OB(c2cnn(C(F)F)c2)OC1(C)C.CC1(C)OB(c2cnn(C3CC3)c2)OC1(C)C.CC1(C)OB(c2cnn(C3CCOCC3)c2)OC1(C)C.Cn1cc(B(O)O)cn1. The van der Waals surface area contributed by atoms with Crippen LogP contribution in [0.25, 0.3) is 0 Å². The topological polar surface area (TPSA) is 340 Å². The standard InChI is InChI=1S/C14H23BN2O3.C12H19BN2O2.C10H15BF2N2O2.C9H15BN2O2.C7H13BN2O2.C6H11BN2O2.C4H7BN2O2/c1-13(2)14(3,4)20-15(19-13)11-9-16-17(10-11)12-5-7-18-8-6-12;1-11(2)12(3,4)17-13(16-11)9-7-14-15(8-9)10-5-6-10;1-9(2)10(3,4)17-11(16-9)7-5-14-15(6-7)8(12)13;1-8(2)9(3,4)14-10(13-8)7-5-11-12-6-7;1-7(2,3)10-5-6(4-9-10)8(11)12;1-5(2)9-4-6(3-8-9)7(10)11;1-7-3-4(2-6-7)5(8)9/h9-10,12H,5-8H2,1-4H3;7-8,10H,5-6H2,1-4H3;5-6,8H,1-4H3;5-6H,1-4H3,(H,11,12);4-5,11-12H,1-3H3;3-5,10-11H,1-2H3;2-3,8-9H,1H3. The smallest absolute Gasteiger partial charge is 0.423 e. The van der Waals surface area contributed by atoms with Crippen LogP contribution in [0.5, 0.6) is 0 Å². The Labute approximate surface area is 588 Å². The number of halogens is 2. The third-order valence-corrected chi connectivity index (χ3v) is 19.2. The summed E-state index contributed by atoms with van der Waals surface area (Å²) in [6.45, 7) is 41.2. The highest BCUT2D eigenvalue weighted by Crippen LogP contribution is 2.40. The lowest BCUT2D eigenvalue weighted by Gasteiger charge is -2.32. The fourth-order valence-electron chi connectivity index (χ4n) is 9.70. The van der Waals surface area contributed by atoms with Gasteiger partial charge in [0.2, 0.25) is 0 Å². The van der Waals surface area contributed by atoms with Gasteiger partial charge in [0, 0.05) is 151 Å². The Balaban J connectivity index is 0.000000166. The van der Waals surface area contributed by atoms with Gasteiger partial charge in [-0.15, -0.1) is 0 Å². The Hall–Kier alpha value is -5.82.